The minimum atomic E-state index is 0.295. The van der Waals surface area contributed by atoms with E-state index in [4.69, 9.17) is 9.15 Å². The standard InChI is InChI=1S/C17H18O3/c18-14(7-8-15-4-3-10-19-15)12-13-9-11-20-17-6-2-1-5-16(13)17/h1-6,10,13H,7-9,11-12H2. The van der Waals surface area contributed by atoms with Crippen molar-refractivity contribution in [2.24, 2.45) is 0 Å². The summed E-state index contributed by atoms with van der Waals surface area (Å²) in [5, 5.41) is 0. The Labute approximate surface area is 118 Å². The number of carbonyl (C=O) groups excluding carboxylic acids is 1. The number of carbonyl (C=O) groups is 1. The Bertz CT molecular complexity index is 572. The van der Waals surface area contributed by atoms with Gasteiger partial charge in [0.05, 0.1) is 12.9 Å². The molecule has 0 aliphatic carbocycles. The van der Waals surface area contributed by atoms with Gasteiger partial charge in [-0.05, 0) is 36.1 Å². The summed E-state index contributed by atoms with van der Waals surface area (Å²) >= 11 is 0. The number of ketones is 1. The van der Waals surface area contributed by atoms with Gasteiger partial charge in [0.2, 0.25) is 0 Å². The van der Waals surface area contributed by atoms with Gasteiger partial charge in [0.15, 0.2) is 0 Å². The van der Waals surface area contributed by atoms with Crippen molar-refractivity contribution in [1.29, 1.82) is 0 Å². The van der Waals surface area contributed by atoms with E-state index >= 15 is 0 Å². The van der Waals surface area contributed by atoms with Crippen LogP contribution in [0.4, 0.5) is 0 Å². The van der Waals surface area contributed by atoms with Crippen LogP contribution in [0.15, 0.2) is 47.1 Å². The minimum absolute atomic E-state index is 0.295. The number of para-hydroxylation sites is 1. The Morgan fingerprint density at radius 1 is 1.20 bits per heavy atom. The molecule has 2 heterocycles. The van der Waals surface area contributed by atoms with Crippen LogP contribution in [-0.2, 0) is 11.2 Å². The lowest BCUT2D eigenvalue weighted by Crippen LogP contribution is -2.17. The van der Waals surface area contributed by atoms with E-state index in [0.29, 0.717) is 37.6 Å². The second-order valence-corrected chi connectivity index (χ2v) is 5.19. The highest BCUT2D eigenvalue weighted by Crippen LogP contribution is 2.35. The third-order valence-corrected chi connectivity index (χ3v) is 3.79. The molecule has 3 nitrogen and oxygen atoms in total. The summed E-state index contributed by atoms with van der Waals surface area (Å²) in [6, 6.07) is 11.8. The third kappa shape index (κ3) is 2.93. The lowest BCUT2D eigenvalue weighted by Gasteiger charge is -2.25. The van der Waals surface area contributed by atoms with Gasteiger partial charge in [-0.2, -0.15) is 0 Å². The van der Waals surface area contributed by atoms with Crippen LogP contribution in [0.3, 0.4) is 0 Å². The van der Waals surface area contributed by atoms with Crippen LogP contribution in [0, 0.1) is 0 Å². The molecule has 1 aliphatic rings. The largest absolute Gasteiger partial charge is 0.493 e. The van der Waals surface area contributed by atoms with E-state index in [0.717, 1.165) is 17.9 Å². The Balaban J connectivity index is 1.59. The predicted molar refractivity (Wildman–Crippen MR) is 75.9 cm³/mol. The molecule has 1 aromatic carbocycles. The van der Waals surface area contributed by atoms with Gasteiger partial charge in [0, 0.05) is 19.3 Å². The molecule has 1 atom stereocenters. The maximum Gasteiger partial charge on any atom is 0.133 e. The first-order valence-electron chi connectivity index (χ1n) is 7.09. The molecule has 0 amide bonds. The van der Waals surface area contributed by atoms with E-state index in [2.05, 4.69) is 6.07 Å². The summed E-state index contributed by atoms with van der Waals surface area (Å²) in [7, 11) is 0. The number of aryl methyl sites for hydroxylation is 1. The molecule has 104 valence electrons. The topological polar surface area (TPSA) is 39.4 Å². The molecule has 0 saturated heterocycles. The molecule has 2 aromatic rings. The minimum Gasteiger partial charge on any atom is -0.493 e. The molecule has 3 rings (SSSR count). The van der Waals surface area contributed by atoms with Crippen molar-refractivity contribution in [2.75, 3.05) is 6.61 Å². The Hall–Kier alpha value is -2.03. The smallest absolute Gasteiger partial charge is 0.133 e. The van der Waals surface area contributed by atoms with Crippen molar-refractivity contribution in [3.8, 4) is 5.75 Å². The lowest BCUT2D eigenvalue weighted by atomic mass is 9.88. The number of benzene rings is 1. The highest BCUT2D eigenvalue weighted by atomic mass is 16.5. The van der Waals surface area contributed by atoms with Crippen molar-refractivity contribution in [3.05, 3.63) is 54.0 Å². The molecule has 1 aliphatic heterocycles. The number of hydrogen-bond donors (Lipinski definition) is 0. The second kappa shape index (κ2) is 5.95. The van der Waals surface area contributed by atoms with Crippen LogP contribution >= 0.6 is 0 Å². The van der Waals surface area contributed by atoms with Gasteiger partial charge in [-0.3, -0.25) is 4.79 Å². The maximum absolute atomic E-state index is 12.1. The SMILES string of the molecule is O=C(CCc1ccco1)CC1CCOc2ccccc21. The number of furan rings is 1. The van der Waals surface area contributed by atoms with Crippen molar-refractivity contribution in [3.63, 3.8) is 0 Å². The molecular weight excluding hydrogens is 252 g/mol. The highest BCUT2D eigenvalue weighted by Gasteiger charge is 2.23. The summed E-state index contributed by atoms with van der Waals surface area (Å²) in [5.41, 5.74) is 1.17. The molecule has 0 radical (unpaired) electrons. The van der Waals surface area contributed by atoms with Crippen molar-refractivity contribution in [1.82, 2.24) is 0 Å². The molecule has 0 N–H and O–H groups in total. The van der Waals surface area contributed by atoms with Gasteiger partial charge < -0.3 is 9.15 Å². The summed E-state index contributed by atoms with van der Waals surface area (Å²) in [6.45, 7) is 0.702. The lowest BCUT2D eigenvalue weighted by molar-refractivity contribution is -0.119. The fourth-order valence-electron chi connectivity index (χ4n) is 2.72. The molecule has 0 bridgehead atoms. The summed E-state index contributed by atoms with van der Waals surface area (Å²) in [5.74, 6) is 2.40. The van der Waals surface area contributed by atoms with Crippen LogP contribution in [0.2, 0.25) is 0 Å². The first-order chi connectivity index (χ1) is 9.83. The van der Waals surface area contributed by atoms with Gasteiger partial charge in [-0.1, -0.05) is 18.2 Å². The van der Waals surface area contributed by atoms with Crippen molar-refractivity contribution < 1.29 is 13.9 Å². The summed E-state index contributed by atoms with van der Waals surface area (Å²) < 4.78 is 10.9. The average Bonchev–Trinajstić information content (AvgIpc) is 2.99. The zero-order chi connectivity index (χ0) is 13.8. The van der Waals surface area contributed by atoms with Crippen LogP contribution in [-0.4, -0.2) is 12.4 Å². The monoisotopic (exact) mass is 270 g/mol. The zero-order valence-corrected chi connectivity index (χ0v) is 11.4. The number of fused-ring (bicyclic) bond motifs is 1. The Morgan fingerprint density at radius 2 is 2.10 bits per heavy atom. The number of Topliss-reactive ketones (excluding diaryl/α,β-unsaturated/α-hetero) is 1. The van der Waals surface area contributed by atoms with E-state index in [1.54, 1.807) is 6.26 Å². The third-order valence-electron chi connectivity index (χ3n) is 3.79. The fourth-order valence-corrected chi connectivity index (χ4v) is 2.72. The Morgan fingerprint density at radius 3 is 2.95 bits per heavy atom. The van der Waals surface area contributed by atoms with Crippen LogP contribution in [0.25, 0.3) is 0 Å². The van der Waals surface area contributed by atoms with E-state index in [1.165, 1.54) is 5.56 Å². The van der Waals surface area contributed by atoms with Gasteiger partial charge in [-0.15, -0.1) is 0 Å². The van der Waals surface area contributed by atoms with Gasteiger partial charge in [0.1, 0.15) is 17.3 Å². The van der Waals surface area contributed by atoms with E-state index < -0.39 is 0 Å². The van der Waals surface area contributed by atoms with E-state index in [9.17, 15) is 4.79 Å². The molecule has 3 heteroatoms. The number of ether oxygens (including phenoxy) is 1. The molecule has 0 saturated carbocycles. The maximum atomic E-state index is 12.1. The molecule has 1 aromatic heterocycles. The first kappa shape index (κ1) is 13.0. The first-order valence-corrected chi connectivity index (χ1v) is 7.09. The fraction of sp³-hybridized carbons (Fsp3) is 0.353. The Kier molecular flexibility index (Phi) is 3.86. The quantitative estimate of drug-likeness (QED) is 0.831. The molecule has 1 unspecified atom stereocenters. The molecule has 0 spiro atoms. The average molecular weight is 270 g/mol. The summed E-state index contributed by atoms with van der Waals surface area (Å²) in [6.07, 6.45) is 4.41. The second-order valence-electron chi connectivity index (χ2n) is 5.19. The van der Waals surface area contributed by atoms with Crippen LogP contribution < -0.4 is 4.74 Å². The predicted octanol–water partition coefficient (Wildman–Crippen LogP) is 3.74. The zero-order valence-electron chi connectivity index (χ0n) is 11.4. The van der Waals surface area contributed by atoms with Crippen LogP contribution in [0.1, 0.15) is 36.5 Å². The highest BCUT2D eigenvalue weighted by molar-refractivity contribution is 5.79. The molecule has 0 fully saturated rings. The van der Waals surface area contributed by atoms with Gasteiger partial charge in [0.25, 0.3) is 0 Å². The van der Waals surface area contributed by atoms with Crippen molar-refractivity contribution >= 4 is 5.78 Å². The van der Waals surface area contributed by atoms with Crippen molar-refractivity contribution in [2.45, 2.75) is 31.6 Å². The van der Waals surface area contributed by atoms with Gasteiger partial charge in [-0.25, -0.2) is 0 Å². The van der Waals surface area contributed by atoms with Crippen LogP contribution in [0.5, 0.6) is 5.75 Å². The van der Waals surface area contributed by atoms with Gasteiger partial charge >= 0.3 is 0 Å². The number of hydrogen-bond acceptors (Lipinski definition) is 3. The molecule has 20 heavy (non-hydrogen) atoms. The van der Waals surface area contributed by atoms with E-state index in [-0.39, 0.29) is 0 Å². The van der Waals surface area contributed by atoms with E-state index in [1.807, 2.05) is 30.3 Å². The molecular formula is C17H18O3. The number of rotatable bonds is 5. The summed E-state index contributed by atoms with van der Waals surface area (Å²) in [4.78, 5) is 12.1. The normalized spacial score (nSPS) is 17.3.